The zero-order chi connectivity index (χ0) is 7.72. The summed E-state index contributed by atoms with van der Waals surface area (Å²) in [7, 11) is 1.54. The van der Waals surface area contributed by atoms with Crippen molar-refractivity contribution in [2.45, 2.75) is 11.9 Å². The first kappa shape index (κ1) is 7.34. The molecule has 0 spiro atoms. The average Bonchev–Trinajstić information content (AvgIpc) is 1.82. The topological polar surface area (TPSA) is 49.4 Å². The predicted molar refractivity (Wildman–Crippen MR) is 35.6 cm³/mol. The van der Waals surface area contributed by atoms with Crippen molar-refractivity contribution >= 4 is 23.5 Å². The zero-order valence-corrected chi connectivity index (χ0v) is 6.18. The second kappa shape index (κ2) is 2.46. The first-order chi connectivity index (χ1) is 4.61. The molecule has 3 amide bonds. The van der Waals surface area contributed by atoms with Gasteiger partial charge in [-0.3, -0.25) is 10.1 Å². The molecule has 0 aromatic heterocycles. The number of alkyl halides is 1. The molecule has 10 heavy (non-hydrogen) atoms. The van der Waals surface area contributed by atoms with Crippen molar-refractivity contribution in [3.05, 3.63) is 0 Å². The summed E-state index contributed by atoms with van der Waals surface area (Å²) in [6.45, 7) is 0. The van der Waals surface area contributed by atoms with Crippen molar-refractivity contribution in [3.8, 4) is 0 Å². The SMILES string of the molecule is CN1C(=O)NC(=O)CC1Cl. The van der Waals surface area contributed by atoms with Gasteiger partial charge in [0.1, 0.15) is 5.50 Å². The number of nitrogens with one attached hydrogen (secondary N) is 1. The Morgan fingerprint density at radius 1 is 1.70 bits per heavy atom. The van der Waals surface area contributed by atoms with E-state index in [0.29, 0.717) is 0 Å². The lowest BCUT2D eigenvalue weighted by Crippen LogP contribution is -2.50. The molecule has 0 aromatic rings. The lowest BCUT2D eigenvalue weighted by Gasteiger charge is -2.26. The summed E-state index contributed by atoms with van der Waals surface area (Å²) in [6.07, 6.45) is 0.170. The minimum absolute atomic E-state index is 0.170. The van der Waals surface area contributed by atoms with Crippen molar-refractivity contribution in [1.29, 1.82) is 0 Å². The molecule has 1 atom stereocenters. The molecular weight excluding hydrogens is 156 g/mol. The normalized spacial score (nSPS) is 26.6. The van der Waals surface area contributed by atoms with Crippen molar-refractivity contribution in [2.24, 2.45) is 0 Å². The minimum atomic E-state index is -0.499. The summed E-state index contributed by atoms with van der Waals surface area (Å²) in [4.78, 5) is 22.6. The molecule has 0 aliphatic carbocycles. The molecule has 56 valence electrons. The Balaban J connectivity index is 2.66. The third kappa shape index (κ3) is 1.21. The largest absolute Gasteiger partial charge is 0.324 e. The Bertz CT molecular complexity index is 182. The number of hydrogen-bond donors (Lipinski definition) is 1. The smallest absolute Gasteiger partial charge is 0.311 e. The maximum Gasteiger partial charge on any atom is 0.324 e. The lowest BCUT2D eigenvalue weighted by atomic mass is 10.3. The van der Waals surface area contributed by atoms with Crippen LogP contribution in [0.4, 0.5) is 4.79 Å². The number of hydrogen-bond acceptors (Lipinski definition) is 2. The summed E-state index contributed by atoms with van der Waals surface area (Å²) in [5.41, 5.74) is -0.499. The molecule has 1 unspecified atom stereocenters. The average molecular weight is 163 g/mol. The van der Waals surface area contributed by atoms with Crippen molar-refractivity contribution < 1.29 is 9.59 Å². The van der Waals surface area contributed by atoms with Crippen LogP contribution in [0, 0.1) is 0 Å². The predicted octanol–water partition coefficient (Wildman–Crippen LogP) is 0.123. The maximum atomic E-state index is 10.7. The molecule has 0 saturated carbocycles. The van der Waals surface area contributed by atoms with Gasteiger partial charge in [0.2, 0.25) is 5.91 Å². The molecule has 1 saturated heterocycles. The van der Waals surface area contributed by atoms with Crippen molar-refractivity contribution in [3.63, 3.8) is 0 Å². The number of carbonyl (C=O) groups excluding carboxylic acids is 2. The van der Waals surface area contributed by atoms with E-state index < -0.39 is 11.5 Å². The highest BCUT2D eigenvalue weighted by Gasteiger charge is 2.27. The Morgan fingerprint density at radius 3 is 2.80 bits per heavy atom. The number of rotatable bonds is 0. The molecule has 1 fully saturated rings. The molecule has 0 bridgehead atoms. The van der Waals surface area contributed by atoms with Gasteiger partial charge in [-0.2, -0.15) is 0 Å². The highest BCUT2D eigenvalue weighted by molar-refractivity contribution is 6.23. The fraction of sp³-hybridized carbons (Fsp3) is 0.600. The maximum absolute atomic E-state index is 10.7. The number of carbonyl (C=O) groups is 2. The van der Waals surface area contributed by atoms with Gasteiger partial charge in [-0.15, -0.1) is 0 Å². The molecule has 1 N–H and O–H groups in total. The molecule has 1 aliphatic rings. The molecule has 0 radical (unpaired) electrons. The quantitative estimate of drug-likeness (QED) is 0.407. The van der Waals surface area contributed by atoms with E-state index in [4.69, 9.17) is 11.6 Å². The Kier molecular flexibility index (Phi) is 1.80. The highest BCUT2D eigenvalue weighted by Crippen LogP contribution is 2.10. The van der Waals surface area contributed by atoms with E-state index in [1.165, 1.54) is 4.90 Å². The van der Waals surface area contributed by atoms with E-state index in [1.807, 2.05) is 0 Å². The van der Waals surface area contributed by atoms with Gasteiger partial charge >= 0.3 is 6.03 Å². The van der Waals surface area contributed by atoms with Crippen LogP contribution in [0.5, 0.6) is 0 Å². The highest BCUT2D eigenvalue weighted by atomic mass is 35.5. The summed E-state index contributed by atoms with van der Waals surface area (Å²) in [5, 5.41) is 2.12. The number of amides is 3. The Morgan fingerprint density at radius 2 is 2.30 bits per heavy atom. The second-order valence-electron chi connectivity index (χ2n) is 2.10. The first-order valence-corrected chi connectivity index (χ1v) is 3.25. The Hall–Kier alpha value is -0.770. The van der Waals surface area contributed by atoms with Gasteiger partial charge in [-0.25, -0.2) is 4.79 Å². The van der Waals surface area contributed by atoms with E-state index in [9.17, 15) is 9.59 Å². The van der Waals surface area contributed by atoms with E-state index >= 15 is 0 Å². The van der Waals surface area contributed by atoms with Gasteiger partial charge in [0.25, 0.3) is 0 Å². The van der Waals surface area contributed by atoms with Crippen LogP contribution < -0.4 is 5.32 Å². The van der Waals surface area contributed by atoms with Crippen molar-refractivity contribution in [2.75, 3.05) is 7.05 Å². The van der Waals surface area contributed by atoms with E-state index in [0.717, 1.165) is 0 Å². The number of imide groups is 1. The van der Waals surface area contributed by atoms with Crippen LogP contribution in [0.25, 0.3) is 0 Å². The summed E-state index contributed by atoms with van der Waals surface area (Å²) in [5.74, 6) is -0.317. The van der Waals surface area contributed by atoms with Crippen LogP contribution in [-0.4, -0.2) is 29.4 Å². The molecule has 4 nitrogen and oxygen atoms in total. The minimum Gasteiger partial charge on any atom is -0.311 e. The van der Waals surface area contributed by atoms with Gasteiger partial charge in [-0.05, 0) is 0 Å². The van der Waals surface area contributed by atoms with Crippen molar-refractivity contribution in [1.82, 2.24) is 10.2 Å². The molecular formula is C5H7ClN2O2. The monoisotopic (exact) mass is 162 g/mol. The summed E-state index contributed by atoms with van der Waals surface area (Å²) >= 11 is 5.60. The molecule has 0 aromatic carbocycles. The van der Waals surface area contributed by atoms with Crippen LogP contribution in [-0.2, 0) is 4.79 Å². The number of nitrogens with zero attached hydrogens (tertiary/aromatic N) is 1. The fourth-order valence-corrected chi connectivity index (χ4v) is 0.904. The van der Waals surface area contributed by atoms with Crippen LogP contribution >= 0.6 is 11.6 Å². The zero-order valence-electron chi connectivity index (χ0n) is 5.43. The van der Waals surface area contributed by atoms with E-state index in [2.05, 4.69) is 5.32 Å². The van der Waals surface area contributed by atoms with Crippen LogP contribution in [0.15, 0.2) is 0 Å². The lowest BCUT2D eigenvalue weighted by molar-refractivity contribution is -0.121. The van der Waals surface area contributed by atoms with E-state index in [1.54, 1.807) is 7.05 Å². The van der Waals surface area contributed by atoms with Crippen LogP contribution in [0.3, 0.4) is 0 Å². The van der Waals surface area contributed by atoms with Crippen LogP contribution in [0.2, 0.25) is 0 Å². The summed E-state index contributed by atoms with van der Waals surface area (Å²) < 4.78 is 0. The number of urea groups is 1. The van der Waals surface area contributed by atoms with E-state index in [-0.39, 0.29) is 12.3 Å². The van der Waals surface area contributed by atoms with Gasteiger partial charge in [0.05, 0.1) is 6.42 Å². The third-order valence-electron chi connectivity index (χ3n) is 1.34. The molecule has 1 rings (SSSR count). The fourth-order valence-electron chi connectivity index (χ4n) is 0.676. The molecule has 1 aliphatic heterocycles. The van der Waals surface area contributed by atoms with Gasteiger partial charge in [-0.1, -0.05) is 11.6 Å². The van der Waals surface area contributed by atoms with Gasteiger partial charge in [0.15, 0.2) is 0 Å². The van der Waals surface area contributed by atoms with Crippen LogP contribution in [0.1, 0.15) is 6.42 Å². The number of halogens is 1. The summed E-state index contributed by atoms with van der Waals surface area (Å²) in [6, 6.07) is -0.434. The third-order valence-corrected chi connectivity index (χ3v) is 1.79. The van der Waals surface area contributed by atoms with Gasteiger partial charge < -0.3 is 4.90 Å². The van der Waals surface area contributed by atoms with Gasteiger partial charge in [0, 0.05) is 7.05 Å². The first-order valence-electron chi connectivity index (χ1n) is 2.82. The molecule has 1 heterocycles. The standard InChI is InChI=1S/C5H7ClN2O2/c1-8-3(6)2-4(9)7-5(8)10/h3H,2H2,1H3,(H,7,9,10). The Labute approximate surface area is 63.1 Å². The molecule has 5 heteroatoms. The second-order valence-corrected chi connectivity index (χ2v) is 2.61.